The van der Waals surface area contributed by atoms with E-state index in [-0.39, 0.29) is 5.97 Å². The van der Waals surface area contributed by atoms with Gasteiger partial charge in [0, 0.05) is 13.0 Å². The molecule has 0 unspecified atom stereocenters. The standard InChI is InChI=1S/C49H96O3/c1-2-3-4-5-6-7-8-9-25-28-31-34-37-40-43-46-49(51)52-48-45-42-39-36-33-30-27-24-22-20-18-16-14-12-10-11-13-15-17-19-21-23-26-29-32-35-38-41-44-47-50/h9,25,50H,2-8,10-24,26-48H2,1H3/b25-9-. The molecule has 0 bridgehead atoms. The lowest BCUT2D eigenvalue weighted by molar-refractivity contribution is -0.143. The van der Waals surface area contributed by atoms with Crippen molar-refractivity contribution in [1.29, 1.82) is 0 Å². The van der Waals surface area contributed by atoms with Crippen molar-refractivity contribution in [3.8, 4) is 0 Å². The Morgan fingerprint density at radius 2 is 0.635 bits per heavy atom. The van der Waals surface area contributed by atoms with Crippen LogP contribution in [0.5, 0.6) is 0 Å². The van der Waals surface area contributed by atoms with Crippen LogP contribution in [0.15, 0.2) is 12.2 Å². The average molecular weight is 733 g/mol. The quantitative estimate of drug-likeness (QED) is 0.0385. The summed E-state index contributed by atoms with van der Waals surface area (Å²) in [5, 5.41) is 8.81. The molecule has 0 saturated heterocycles. The summed E-state index contributed by atoms with van der Waals surface area (Å²) in [7, 11) is 0. The highest BCUT2D eigenvalue weighted by molar-refractivity contribution is 5.69. The van der Waals surface area contributed by atoms with E-state index in [4.69, 9.17) is 9.84 Å². The van der Waals surface area contributed by atoms with Crippen LogP contribution in [0.3, 0.4) is 0 Å². The van der Waals surface area contributed by atoms with Gasteiger partial charge < -0.3 is 9.84 Å². The number of unbranched alkanes of at least 4 members (excludes halogenated alkanes) is 39. The molecule has 0 aliphatic heterocycles. The van der Waals surface area contributed by atoms with E-state index < -0.39 is 0 Å². The highest BCUT2D eigenvalue weighted by atomic mass is 16.5. The average Bonchev–Trinajstić information content (AvgIpc) is 3.15. The van der Waals surface area contributed by atoms with E-state index in [0.717, 1.165) is 25.7 Å². The van der Waals surface area contributed by atoms with Gasteiger partial charge in [0.2, 0.25) is 0 Å². The molecule has 0 atom stereocenters. The van der Waals surface area contributed by atoms with Gasteiger partial charge in [-0.05, 0) is 44.9 Å². The highest BCUT2D eigenvalue weighted by Gasteiger charge is 2.03. The zero-order chi connectivity index (χ0) is 37.5. The van der Waals surface area contributed by atoms with Crippen molar-refractivity contribution in [3.63, 3.8) is 0 Å². The molecule has 0 aliphatic carbocycles. The minimum absolute atomic E-state index is 0.0179. The van der Waals surface area contributed by atoms with E-state index in [1.807, 2.05) is 0 Å². The van der Waals surface area contributed by atoms with Gasteiger partial charge in [0.25, 0.3) is 0 Å². The van der Waals surface area contributed by atoms with Gasteiger partial charge in [0.05, 0.1) is 6.61 Å². The normalized spacial score (nSPS) is 11.7. The van der Waals surface area contributed by atoms with Crippen LogP contribution in [0.4, 0.5) is 0 Å². The van der Waals surface area contributed by atoms with Crippen LogP contribution in [0.25, 0.3) is 0 Å². The first-order chi connectivity index (χ1) is 25.8. The van der Waals surface area contributed by atoms with Gasteiger partial charge in [-0.15, -0.1) is 0 Å². The molecule has 0 radical (unpaired) electrons. The number of esters is 1. The molecule has 0 saturated carbocycles. The number of carbonyl (C=O) groups excluding carboxylic acids is 1. The molecule has 3 heteroatoms. The van der Waals surface area contributed by atoms with E-state index >= 15 is 0 Å². The second-order valence-electron chi connectivity index (χ2n) is 16.5. The molecule has 0 fully saturated rings. The molecular formula is C49H96O3. The lowest BCUT2D eigenvalue weighted by atomic mass is 10.0. The Labute approximate surface area is 328 Å². The van der Waals surface area contributed by atoms with E-state index in [0.29, 0.717) is 19.6 Å². The Bertz CT molecular complexity index is 673. The lowest BCUT2D eigenvalue weighted by Gasteiger charge is -2.06. The molecule has 0 aromatic heterocycles. The maximum Gasteiger partial charge on any atom is 0.305 e. The molecule has 3 nitrogen and oxygen atoms in total. The van der Waals surface area contributed by atoms with Crippen molar-refractivity contribution in [2.75, 3.05) is 13.2 Å². The number of aliphatic hydroxyl groups is 1. The topological polar surface area (TPSA) is 46.5 Å². The smallest absolute Gasteiger partial charge is 0.305 e. The Hall–Kier alpha value is -0.830. The van der Waals surface area contributed by atoms with Crippen molar-refractivity contribution in [1.82, 2.24) is 0 Å². The van der Waals surface area contributed by atoms with Crippen LogP contribution in [-0.2, 0) is 9.53 Å². The van der Waals surface area contributed by atoms with Gasteiger partial charge in [-0.2, -0.15) is 0 Å². The van der Waals surface area contributed by atoms with Gasteiger partial charge in [-0.1, -0.05) is 244 Å². The molecule has 0 aromatic rings. The first-order valence-electron chi connectivity index (χ1n) is 24.2. The SMILES string of the molecule is CCCCCCCC/C=C\CCCCCCCC(=O)OCCCCCCCCCCCCCCCCCCCCCCCCCCCCCCCO. The zero-order valence-corrected chi connectivity index (χ0v) is 35.7. The molecule has 0 aromatic carbocycles. The third-order valence-electron chi connectivity index (χ3n) is 11.2. The maximum absolute atomic E-state index is 12.0. The number of allylic oxidation sites excluding steroid dienone is 2. The predicted molar refractivity (Wildman–Crippen MR) is 231 cm³/mol. The summed E-state index contributed by atoms with van der Waals surface area (Å²) in [5.74, 6) is 0.0179. The molecule has 0 amide bonds. The van der Waals surface area contributed by atoms with Crippen LogP contribution in [0.1, 0.15) is 283 Å². The fraction of sp³-hybridized carbons (Fsp3) is 0.939. The zero-order valence-electron chi connectivity index (χ0n) is 35.7. The minimum Gasteiger partial charge on any atom is -0.466 e. The molecule has 52 heavy (non-hydrogen) atoms. The molecule has 0 rings (SSSR count). The van der Waals surface area contributed by atoms with Gasteiger partial charge in [0.15, 0.2) is 0 Å². The van der Waals surface area contributed by atoms with Gasteiger partial charge >= 0.3 is 5.97 Å². The first-order valence-corrected chi connectivity index (χ1v) is 24.2. The molecule has 1 N–H and O–H groups in total. The van der Waals surface area contributed by atoms with E-state index in [1.54, 1.807) is 0 Å². The fourth-order valence-electron chi connectivity index (χ4n) is 7.59. The maximum atomic E-state index is 12.0. The Balaban J connectivity index is 3.15. The third kappa shape index (κ3) is 47.2. The van der Waals surface area contributed by atoms with Crippen LogP contribution in [0.2, 0.25) is 0 Å². The number of hydrogen-bond acceptors (Lipinski definition) is 3. The Kier molecular flexibility index (Phi) is 47.4. The molecular weight excluding hydrogens is 637 g/mol. The van der Waals surface area contributed by atoms with Crippen LogP contribution < -0.4 is 0 Å². The molecule has 0 aliphatic rings. The van der Waals surface area contributed by atoms with Gasteiger partial charge in [-0.25, -0.2) is 0 Å². The van der Waals surface area contributed by atoms with Crippen molar-refractivity contribution in [2.45, 2.75) is 283 Å². The lowest BCUT2D eigenvalue weighted by Crippen LogP contribution is -2.05. The second kappa shape index (κ2) is 48.2. The van der Waals surface area contributed by atoms with Crippen molar-refractivity contribution < 1.29 is 14.6 Å². The summed E-state index contributed by atoms with van der Waals surface area (Å²) in [5.41, 5.74) is 0. The number of rotatable bonds is 46. The van der Waals surface area contributed by atoms with E-state index in [9.17, 15) is 4.79 Å². The number of ether oxygens (including phenoxy) is 1. The number of hydrogen-bond donors (Lipinski definition) is 1. The summed E-state index contributed by atoms with van der Waals surface area (Å²) in [6.07, 6.45) is 62.1. The Morgan fingerprint density at radius 3 is 0.962 bits per heavy atom. The van der Waals surface area contributed by atoms with Crippen molar-refractivity contribution >= 4 is 5.97 Å². The third-order valence-corrected chi connectivity index (χ3v) is 11.2. The first kappa shape index (κ1) is 51.2. The summed E-state index contributed by atoms with van der Waals surface area (Å²) < 4.78 is 5.47. The monoisotopic (exact) mass is 733 g/mol. The summed E-state index contributed by atoms with van der Waals surface area (Å²) in [4.78, 5) is 12.0. The summed E-state index contributed by atoms with van der Waals surface area (Å²) in [6.45, 7) is 3.27. The minimum atomic E-state index is 0.0179. The van der Waals surface area contributed by atoms with Gasteiger partial charge in [-0.3, -0.25) is 4.79 Å². The van der Waals surface area contributed by atoms with E-state index in [1.165, 1.54) is 244 Å². The van der Waals surface area contributed by atoms with Crippen molar-refractivity contribution in [3.05, 3.63) is 12.2 Å². The van der Waals surface area contributed by atoms with E-state index in [2.05, 4.69) is 19.1 Å². The number of carbonyl (C=O) groups is 1. The highest BCUT2D eigenvalue weighted by Crippen LogP contribution is 2.17. The summed E-state index contributed by atoms with van der Waals surface area (Å²) >= 11 is 0. The van der Waals surface area contributed by atoms with Crippen LogP contribution >= 0.6 is 0 Å². The summed E-state index contributed by atoms with van der Waals surface area (Å²) in [6, 6.07) is 0. The van der Waals surface area contributed by atoms with Crippen molar-refractivity contribution in [2.24, 2.45) is 0 Å². The van der Waals surface area contributed by atoms with Gasteiger partial charge in [0.1, 0.15) is 0 Å². The largest absolute Gasteiger partial charge is 0.466 e. The van der Waals surface area contributed by atoms with Crippen LogP contribution in [-0.4, -0.2) is 24.3 Å². The molecule has 0 spiro atoms. The fourth-order valence-corrected chi connectivity index (χ4v) is 7.59. The molecule has 0 heterocycles. The molecule has 310 valence electrons. The number of aliphatic hydroxyl groups excluding tert-OH is 1. The Morgan fingerprint density at radius 1 is 0.365 bits per heavy atom. The predicted octanol–water partition coefficient (Wildman–Crippen LogP) is 16.9. The van der Waals surface area contributed by atoms with Crippen LogP contribution in [0, 0.1) is 0 Å². The second-order valence-corrected chi connectivity index (χ2v) is 16.5.